The van der Waals surface area contributed by atoms with Gasteiger partial charge in [0.1, 0.15) is 5.76 Å². The zero-order valence-corrected chi connectivity index (χ0v) is 10.3. The molecule has 0 aliphatic rings. The minimum atomic E-state index is -0.844. The van der Waals surface area contributed by atoms with Gasteiger partial charge in [0, 0.05) is 12.6 Å². The van der Waals surface area contributed by atoms with Gasteiger partial charge in [-0.25, -0.2) is 0 Å². The summed E-state index contributed by atoms with van der Waals surface area (Å²) in [6, 6.07) is 3.51. The summed E-state index contributed by atoms with van der Waals surface area (Å²) in [7, 11) is 0. The molecule has 2 N–H and O–H groups in total. The van der Waals surface area contributed by atoms with Gasteiger partial charge in [-0.2, -0.15) is 0 Å². The topological polar surface area (TPSA) is 62.5 Å². The van der Waals surface area contributed by atoms with Gasteiger partial charge in [0.15, 0.2) is 0 Å². The maximum Gasteiger partial charge on any atom is 0.244 e. The molecule has 0 saturated carbocycles. The highest BCUT2D eigenvalue weighted by Crippen LogP contribution is 2.09. The lowest BCUT2D eigenvalue weighted by Crippen LogP contribution is -2.39. The minimum Gasteiger partial charge on any atom is -0.465 e. The number of furan rings is 1. The lowest BCUT2D eigenvalue weighted by Gasteiger charge is -2.22. The fraction of sp³-hybridized carbons (Fsp3) is 0.462. The quantitative estimate of drug-likeness (QED) is 0.743. The van der Waals surface area contributed by atoms with E-state index >= 15 is 0 Å². The van der Waals surface area contributed by atoms with Gasteiger partial charge in [0.05, 0.1) is 11.9 Å². The van der Waals surface area contributed by atoms with Crippen molar-refractivity contribution >= 4 is 12.0 Å². The van der Waals surface area contributed by atoms with Crippen molar-refractivity contribution < 1.29 is 14.3 Å². The largest absolute Gasteiger partial charge is 0.465 e. The fourth-order valence-corrected chi connectivity index (χ4v) is 1.51. The molecule has 0 aromatic carbocycles. The third-order valence-corrected chi connectivity index (χ3v) is 2.37. The molecule has 1 unspecified atom stereocenters. The van der Waals surface area contributed by atoms with E-state index in [0.717, 1.165) is 6.42 Å². The Balaban J connectivity index is 2.35. The van der Waals surface area contributed by atoms with Crippen LogP contribution in [0.15, 0.2) is 28.9 Å². The molecule has 1 aromatic heterocycles. The Labute approximate surface area is 101 Å². The Morgan fingerprint density at radius 2 is 2.41 bits per heavy atom. The Kier molecular flexibility index (Phi) is 4.97. The van der Waals surface area contributed by atoms with E-state index in [1.54, 1.807) is 31.4 Å². The highest BCUT2D eigenvalue weighted by Gasteiger charge is 2.18. The zero-order chi connectivity index (χ0) is 12.7. The van der Waals surface area contributed by atoms with Crippen LogP contribution < -0.4 is 5.32 Å². The molecule has 94 valence electrons. The van der Waals surface area contributed by atoms with Crippen molar-refractivity contribution in [2.75, 3.05) is 6.54 Å². The number of carbonyl (C=O) groups excluding carboxylic acids is 1. The summed E-state index contributed by atoms with van der Waals surface area (Å²) in [6.07, 6.45) is 6.06. The lowest BCUT2D eigenvalue weighted by atomic mass is 10.0. The molecule has 17 heavy (non-hydrogen) atoms. The van der Waals surface area contributed by atoms with Crippen LogP contribution >= 0.6 is 0 Å². The number of hydrogen-bond donors (Lipinski definition) is 2. The third-order valence-electron chi connectivity index (χ3n) is 2.37. The second kappa shape index (κ2) is 6.25. The molecule has 0 aliphatic carbocycles. The molecule has 1 heterocycles. The Morgan fingerprint density at radius 3 is 3.00 bits per heavy atom. The van der Waals surface area contributed by atoms with Gasteiger partial charge in [-0.05, 0) is 31.6 Å². The third kappa shape index (κ3) is 5.36. The van der Waals surface area contributed by atoms with Crippen LogP contribution in [0.4, 0.5) is 0 Å². The molecule has 1 atom stereocenters. The van der Waals surface area contributed by atoms with Gasteiger partial charge < -0.3 is 14.8 Å². The second-order valence-corrected chi connectivity index (χ2v) is 4.31. The average molecular weight is 237 g/mol. The van der Waals surface area contributed by atoms with E-state index in [4.69, 9.17) is 4.42 Å². The van der Waals surface area contributed by atoms with Crippen LogP contribution in [-0.4, -0.2) is 23.2 Å². The molecular weight excluding hydrogens is 218 g/mol. The van der Waals surface area contributed by atoms with Crippen LogP contribution in [0, 0.1) is 0 Å². The smallest absolute Gasteiger partial charge is 0.244 e. The van der Waals surface area contributed by atoms with Gasteiger partial charge in [0.25, 0.3) is 0 Å². The monoisotopic (exact) mass is 237 g/mol. The summed E-state index contributed by atoms with van der Waals surface area (Å²) in [5.74, 6) is 0.387. The van der Waals surface area contributed by atoms with Crippen molar-refractivity contribution in [3.8, 4) is 0 Å². The maximum atomic E-state index is 11.4. The summed E-state index contributed by atoms with van der Waals surface area (Å²) in [4.78, 5) is 11.4. The number of hydrogen-bond acceptors (Lipinski definition) is 3. The average Bonchev–Trinajstić information content (AvgIpc) is 2.76. The highest BCUT2D eigenvalue weighted by molar-refractivity contribution is 5.91. The normalized spacial score (nSPS) is 14.8. The molecular formula is C13H19NO3. The van der Waals surface area contributed by atoms with Crippen LogP contribution in [0.1, 0.15) is 32.4 Å². The zero-order valence-electron chi connectivity index (χ0n) is 10.3. The molecule has 0 spiro atoms. The van der Waals surface area contributed by atoms with Crippen molar-refractivity contribution in [3.05, 3.63) is 30.2 Å². The van der Waals surface area contributed by atoms with Crippen molar-refractivity contribution in [2.45, 2.75) is 32.3 Å². The van der Waals surface area contributed by atoms with Crippen molar-refractivity contribution in [3.63, 3.8) is 0 Å². The number of aliphatic hydroxyl groups is 1. The van der Waals surface area contributed by atoms with E-state index in [2.05, 4.69) is 5.32 Å². The molecule has 1 rings (SSSR count). The molecule has 0 fully saturated rings. The van der Waals surface area contributed by atoms with E-state index in [9.17, 15) is 9.90 Å². The first-order valence-electron chi connectivity index (χ1n) is 5.75. The van der Waals surface area contributed by atoms with E-state index in [-0.39, 0.29) is 12.5 Å². The molecule has 1 amide bonds. The lowest BCUT2D eigenvalue weighted by molar-refractivity contribution is -0.117. The molecule has 1 aromatic rings. The molecule has 0 saturated heterocycles. The molecule has 0 bridgehead atoms. The van der Waals surface area contributed by atoms with Crippen LogP contribution in [-0.2, 0) is 4.79 Å². The Hall–Kier alpha value is -1.55. The standard InChI is InChI=1S/C13H19NO3/c1-3-8-13(2,16)10-14-12(15)7-6-11-5-4-9-17-11/h4-7,9,16H,3,8,10H2,1-2H3,(H,14,15)/b7-6+. The Bertz CT molecular complexity index is 366. The van der Waals surface area contributed by atoms with Gasteiger partial charge in [-0.1, -0.05) is 13.3 Å². The van der Waals surface area contributed by atoms with Crippen molar-refractivity contribution in [2.24, 2.45) is 0 Å². The summed E-state index contributed by atoms with van der Waals surface area (Å²) in [5, 5.41) is 12.5. The van der Waals surface area contributed by atoms with Crippen molar-refractivity contribution in [1.29, 1.82) is 0 Å². The van der Waals surface area contributed by atoms with Crippen LogP contribution in [0.25, 0.3) is 6.08 Å². The van der Waals surface area contributed by atoms with Gasteiger partial charge in [-0.15, -0.1) is 0 Å². The summed E-state index contributed by atoms with van der Waals surface area (Å²) >= 11 is 0. The molecule has 4 heteroatoms. The van der Waals surface area contributed by atoms with Crippen molar-refractivity contribution in [1.82, 2.24) is 5.32 Å². The van der Waals surface area contributed by atoms with Crippen LogP contribution in [0.3, 0.4) is 0 Å². The first-order valence-corrected chi connectivity index (χ1v) is 5.75. The summed E-state index contributed by atoms with van der Waals surface area (Å²) in [5.41, 5.74) is -0.844. The van der Waals surface area contributed by atoms with E-state index in [1.165, 1.54) is 6.08 Å². The predicted octanol–water partition coefficient (Wildman–Crippen LogP) is 1.96. The molecule has 0 aliphatic heterocycles. The van der Waals surface area contributed by atoms with Gasteiger partial charge >= 0.3 is 0 Å². The highest BCUT2D eigenvalue weighted by atomic mass is 16.3. The first-order chi connectivity index (χ1) is 8.03. The fourth-order valence-electron chi connectivity index (χ4n) is 1.51. The first kappa shape index (κ1) is 13.5. The summed E-state index contributed by atoms with van der Waals surface area (Å²) < 4.78 is 5.05. The van der Waals surface area contributed by atoms with E-state index in [0.29, 0.717) is 12.2 Å². The number of carbonyl (C=O) groups is 1. The predicted molar refractivity (Wildman–Crippen MR) is 66.3 cm³/mol. The van der Waals surface area contributed by atoms with Crippen LogP contribution in [0.5, 0.6) is 0 Å². The Morgan fingerprint density at radius 1 is 1.65 bits per heavy atom. The molecule has 4 nitrogen and oxygen atoms in total. The second-order valence-electron chi connectivity index (χ2n) is 4.31. The SMILES string of the molecule is CCCC(C)(O)CNC(=O)/C=C/c1ccco1. The number of nitrogens with one attached hydrogen (secondary N) is 1. The van der Waals surface area contributed by atoms with Gasteiger partial charge in [-0.3, -0.25) is 4.79 Å². The van der Waals surface area contributed by atoms with E-state index in [1.807, 2.05) is 6.92 Å². The summed E-state index contributed by atoms with van der Waals surface area (Å²) in [6.45, 7) is 3.96. The van der Waals surface area contributed by atoms with Crippen LogP contribution in [0.2, 0.25) is 0 Å². The number of amides is 1. The maximum absolute atomic E-state index is 11.4. The minimum absolute atomic E-state index is 0.238. The van der Waals surface area contributed by atoms with Gasteiger partial charge in [0.2, 0.25) is 5.91 Å². The molecule has 0 radical (unpaired) electrons. The van der Waals surface area contributed by atoms with E-state index < -0.39 is 5.60 Å². The number of rotatable bonds is 6.